The first-order valence-corrected chi connectivity index (χ1v) is 15.6. The summed E-state index contributed by atoms with van der Waals surface area (Å²) in [5.41, 5.74) is 6.81. The van der Waals surface area contributed by atoms with Crippen LogP contribution in [0.25, 0.3) is 0 Å². The minimum atomic E-state index is -0.725. The highest BCUT2D eigenvalue weighted by atomic mass is 16.5. The van der Waals surface area contributed by atoms with Crippen molar-refractivity contribution >= 4 is 5.91 Å². The number of nitrogens with zero attached hydrogens (tertiary/aromatic N) is 2. The van der Waals surface area contributed by atoms with Crippen LogP contribution in [-0.4, -0.2) is 40.2 Å². The third-order valence-electron chi connectivity index (χ3n) is 8.71. The Morgan fingerprint density at radius 3 is 2.58 bits per heavy atom. The number of aromatic nitrogens is 1. The molecule has 230 valence electrons. The van der Waals surface area contributed by atoms with E-state index < -0.39 is 23.0 Å². The van der Waals surface area contributed by atoms with Crippen LogP contribution in [0, 0.1) is 5.92 Å². The highest BCUT2D eigenvalue weighted by Crippen LogP contribution is 2.37. The summed E-state index contributed by atoms with van der Waals surface area (Å²) in [6.07, 6.45) is 7.99. The van der Waals surface area contributed by atoms with E-state index in [1.54, 1.807) is 6.07 Å². The molecule has 1 fully saturated rings. The standard InChI is InChI=1S/C34H43N3O6/c1-2-3-4-5-6-7-15-42-26-13-11-24(12-14-26)28(18-31(35)39)34-33(41)30(38)17-27(43-34)22-36-19-23-16-25(21-36)29-9-8-10-32(40)37(29)20-23/h8-14,17,23,25,28,41H,2-7,15-16,18-22H2,1H3,(H2,35,39)/t23-,25+,28?/m1/s1. The van der Waals surface area contributed by atoms with Crippen LogP contribution in [0.3, 0.4) is 0 Å². The minimum absolute atomic E-state index is 0.0349. The number of fused-ring (bicyclic) bond motifs is 4. The number of hydrogen-bond acceptors (Lipinski definition) is 7. The molecule has 0 radical (unpaired) electrons. The molecule has 3 N–H and O–H groups in total. The second-order valence-corrected chi connectivity index (χ2v) is 12.1. The van der Waals surface area contributed by atoms with E-state index in [0.717, 1.165) is 38.0 Å². The van der Waals surface area contributed by atoms with Crippen LogP contribution in [0.1, 0.15) is 92.9 Å². The van der Waals surface area contributed by atoms with Gasteiger partial charge in [0.2, 0.25) is 17.1 Å². The molecule has 2 bridgehead atoms. The summed E-state index contributed by atoms with van der Waals surface area (Å²) in [6, 6.07) is 14.1. The number of hydrogen-bond donors (Lipinski definition) is 2. The number of amides is 1. The van der Waals surface area contributed by atoms with Crippen LogP contribution >= 0.6 is 0 Å². The Labute approximate surface area is 252 Å². The number of likely N-dealkylation sites (tertiary alicyclic amines) is 1. The lowest BCUT2D eigenvalue weighted by Crippen LogP contribution is -2.46. The number of unbranched alkanes of at least 4 members (excludes halogenated alkanes) is 5. The summed E-state index contributed by atoms with van der Waals surface area (Å²) >= 11 is 0. The molecule has 5 rings (SSSR count). The van der Waals surface area contributed by atoms with Crippen LogP contribution in [0.2, 0.25) is 0 Å². The van der Waals surface area contributed by atoms with E-state index in [0.29, 0.717) is 42.7 Å². The lowest BCUT2D eigenvalue weighted by atomic mass is 9.83. The number of piperidine rings is 1. The molecule has 1 aromatic carbocycles. The predicted octanol–water partition coefficient (Wildman–Crippen LogP) is 4.87. The first-order chi connectivity index (χ1) is 20.8. The van der Waals surface area contributed by atoms with Gasteiger partial charge in [-0.3, -0.25) is 19.3 Å². The first kappa shape index (κ1) is 30.6. The number of carbonyl (C=O) groups excluding carboxylic acids is 1. The van der Waals surface area contributed by atoms with E-state index in [1.165, 1.54) is 31.7 Å². The van der Waals surface area contributed by atoms with Crippen molar-refractivity contribution in [1.82, 2.24) is 9.47 Å². The molecule has 2 aliphatic rings. The van der Waals surface area contributed by atoms with Crippen molar-refractivity contribution in [2.24, 2.45) is 11.7 Å². The summed E-state index contributed by atoms with van der Waals surface area (Å²) in [4.78, 5) is 39.6. The van der Waals surface area contributed by atoms with Crippen LogP contribution in [-0.2, 0) is 17.9 Å². The highest BCUT2D eigenvalue weighted by Gasteiger charge is 2.35. The van der Waals surface area contributed by atoms with E-state index in [4.69, 9.17) is 14.9 Å². The maximum Gasteiger partial charge on any atom is 0.250 e. The van der Waals surface area contributed by atoms with Gasteiger partial charge in [-0.25, -0.2) is 0 Å². The lowest BCUT2D eigenvalue weighted by molar-refractivity contribution is -0.118. The minimum Gasteiger partial charge on any atom is -0.502 e. The Morgan fingerprint density at radius 1 is 1.05 bits per heavy atom. The number of pyridine rings is 1. The van der Waals surface area contributed by atoms with Crippen LogP contribution in [0.15, 0.2) is 62.5 Å². The summed E-state index contributed by atoms with van der Waals surface area (Å²) in [7, 11) is 0. The second-order valence-electron chi connectivity index (χ2n) is 12.1. The number of carbonyl (C=O) groups is 1. The van der Waals surface area contributed by atoms with Gasteiger partial charge in [-0.1, -0.05) is 57.2 Å². The smallest absolute Gasteiger partial charge is 0.250 e. The third kappa shape index (κ3) is 7.57. The molecule has 3 aromatic rings. The Bertz CT molecular complexity index is 1510. The van der Waals surface area contributed by atoms with Gasteiger partial charge in [0, 0.05) is 49.8 Å². The monoisotopic (exact) mass is 589 g/mol. The molecule has 0 aliphatic carbocycles. The van der Waals surface area contributed by atoms with E-state index in [1.807, 2.05) is 41.0 Å². The molecule has 43 heavy (non-hydrogen) atoms. The van der Waals surface area contributed by atoms with Crippen molar-refractivity contribution < 1.29 is 19.1 Å². The van der Waals surface area contributed by atoms with Gasteiger partial charge >= 0.3 is 0 Å². The largest absolute Gasteiger partial charge is 0.502 e. The topological polar surface area (TPSA) is 128 Å². The Kier molecular flexibility index (Phi) is 10.0. The maximum absolute atomic E-state index is 12.9. The average Bonchev–Trinajstić information content (AvgIpc) is 2.98. The van der Waals surface area contributed by atoms with Gasteiger partial charge in [0.1, 0.15) is 11.5 Å². The van der Waals surface area contributed by atoms with Crippen molar-refractivity contribution in [3.8, 4) is 11.5 Å². The van der Waals surface area contributed by atoms with Gasteiger partial charge in [-0.15, -0.1) is 0 Å². The number of primary amides is 1. The van der Waals surface area contributed by atoms with E-state index in [9.17, 15) is 19.5 Å². The summed E-state index contributed by atoms with van der Waals surface area (Å²) in [5, 5.41) is 10.8. The normalized spacial score (nSPS) is 18.6. The van der Waals surface area contributed by atoms with Crippen LogP contribution in [0.5, 0.6) is 11.5 Å². The summed E-state index contributed by atoms with van der Waals surface area (Å²) in [6.45, 7) is 5.38. The zero-order chi connectivity index (χ0) is 30.3. The average molecular weight is 590 g/mol. The summed E-state index contributed by atoms with van der Waals surface area (Å²) in [5.74, 6) is -0.104. The van der Waals surface area contributed by atoms with Gasteiger partial charge in [0.15, 0.2) is 5.76 Å². The van der Waals surface area contributed by atoms with E-state index in [-0.39, 0.29) is 23.7 Å². The molecule has 0 saturated carbocycles. The molecule has 1 unspecified atom stereocenters. The number of ether oxygens (including phenoxy) is 1. The molecular formula is C34H43N3O6. The molecular weight excluding hydrogens is 546 g/mol. The zero-order valence-corrected chi connectivity index (χ0v) is 25.0. The van der Waals surface area contributed by atoms with Crippen LogP contribution in [0.4, 0.5) is 0 Å². The molecule has 9 heteroatoms. The Morgan fingerprint density at radius 2 is 1.81 bits per heavy atom. The van der Waals surface area contributed by atoms with Crippen molar-refractivity contribution in [1.29, 1.82) is 0 Å². The lowest BCUT2D eigenvalue weighted by Gasteiger charge is -2.42. The molecule has 9 nitrogen and oxygen atoms in total. The molecule has 1 amide bonds. The molecule has 2 aliphatic heterocycles. The second kappa shape index (κ2) is 14.1. The fourth-order valence-corrected chi connectivity index (χ4v) is 6.65. The van der Waals surface area contributed by atoms with Crippen molar-refractivity contribution in [3.05, 3.63) is 91.9 Å². The summed E-state index contributed by atoms with van der Waals surface area (Å²) < 4.78 is 14.0. The number of nitrogens with two attached hydrogens (primary N) is 1. The van der Waals surface area contributed by atoms with Gasteiger partial charge in [-0.2, -0.15) is 0 Å². The molecule has 2 aromatic heterocycles. The van der Waals surface area contributed by atoms with Gasteiger partial charge in [0.05, 0.1) is 19.1 Å². The zero-order valence-electron chi connectivity index (χ0n) is 25.0. The van der Waals surface area contributed by atoms with E-state index >= 15 is 0 Å². The number of rotatable bonds is 14. The number of aromatic hydroxyl groups is 1. The van der Waals surface area contributed by atoms with Gasteiger partial charge in [-0.05, 0) is 42.5 Å². The third-order valence-corrected chi connectivity index (χ3v) is 8.71. The van der Waals surface area contributed by atoms with Gasteiger partial charge in [0.25, 0.3) is 5.56 Å². The molecule has 4 heterocycles. The molecule has 0 spiro atoms. The van der Waals surface area contributed by atoms with Crippen molar-refractivity contribution in [2.75, 3.05) is 19.7 Å². The quantitative estimate of drug-likeness (QED) is 0.257. The SMILES string of the molecule is CCCCCCCCOc1ccc(C(CC(N)=O)c2oc(CN3C[C@H]4C[C@@H](C3)c3cccc(=O)n3C4)cc(=O)c2O)cc1. The van der Waals surface area contributed by atoms with Crippen LogP contribution < -0.4 is 21.5 Å². The Balaban J connectivity index is 1.30. The van der Waals surface area contributed by atoms with E-state index in [2.05, 4.69) is 11.8 Å². The highest BCUT2D eigenvalue weighted by molar-refractivity contribution is 5.75. The fraction of sp³-hybridized carbons (Fsp3) is 0.500. The molecule has 1 saturated heterocycles. The first-order valence-electron chi connectivity index (χ1n) is 15.6. The predicted molar refractivity (Wildman–Crippen MR) is 164 cm³/mol. The maximum atomic E-state index is 12.9. The van der Waals surface area contributed by atoms with Crippen molar-refractivity contribution in [2.45, 2.75) is 83.2 Å². The van der Waals surface area contributed by atoms with Crippen molar-refractivity contribution in [3.63, 3.8) is 0 Å². The number of benzene rings is 1. The molecule has 3 atom stereocenters. The Hall–Kier alpha value is -3.85. The van der Waals surface area contributed by atoms with Gasteiger partial charge < -0.3 is 24.6 Å². The fourth-order valence-electron chi connectivity index (χ4n) is 6.65.